The highest BCUT2D eigenvalue weighted by atomic mass is 79.9. The molecule has 0 saturated heterocycles. The van der Waals surface area contributed by atoms with Gasteiger partial charge in [0.2, 0.25) is 0 Å². The van der Waals surface area contributed by atoms with E-state index in [-0.39, 0.29) is 0 Å². The second-order valence-corrected chi connectivity index (χ2v) is 4.16. The molecule has 0 aliphatic heterocycles. The molecule has 0 unspecified atom stereocenters. The van der Waals surface area contributed by atoms with Crippen molar-refractivity contribution in [2.45, 2.75) is 6.92 Å². The molecule has 0 radical (unpaired) electrons. The molecule has 0 aliphatic carbocycles. The van der Waals surface area contributed by atoms with Crippen LogP contribution in [-0.4, -0.2) is 31.2 Å². The fourth-order valence-electron chi connectivity index (χ4n) is 1.36. The average molecular weight is 273 g/mol. The number of aryl methyl sites for hydroxylation is 1. The summed E-state index contributed by atoms with van der Waals surface area (Å²) in [5, 5.41) is 0. The molecular formula is C10H17BrN4. The van der Waals surface area contributed by atoms with Crippen molar-refractivity contribution in [1.29, 1.82) is 0 Å². The normalized spacial score (nSPS) is 10.4. The van der Waals surface area contributed by atoms with Gasteiger partial charge in [-0.25, -0.2) is 4.98 Å². The number of hydrogen-bond acceptors (Lipinski definition) is 4. The topological polar surface area (TPSA) is 68.2 Å². The van der Waals surface area contributed by atoms with Crippen LogP contribution in [0.15, 0.2) is 16.6 Å². The minimum Gasteiger partial charge on any atom is -0.354 e. The molecule has 4 N–H and O–H groups in total. The van der Waals surface area contributed by atoms with Crippen molar-refractivity contribution < 1.29 is 0 Å². The summed E-state index contributed by atoms with van der Waals surface area (Å²) in [4.78, 5) is 6.57. The van der Waals surface area contributed by atoms with E-state index in [0.717, 1.165) is 29.1 Å². The molecule has 0 saturated carbocycles. The molecule has 0 aliphatic rings. The first-order chi connectivity index (χ1) is 7.19. The van der Waals surface area contributed by atoms with Crippen molar-refractivity contribution >= 4 is 21.7 Å². The maximum Gasteiger partial charge on any atom is 0.128 e. The molecule has 4 nitrogen and oxygen atoms in total. The summed E-state index contributed by atoms with van der Waals surface area (Å²) >= 11 is 3.43. The molecule has 1 heterocycles. The SMILES string of the molecule is Cc1nc(N(CCN)CCN)ccc1Br. The Bertz CT molecular complexity index is 310. The van der Waals surface area contributed by atoms with Gasteiger partial charge in [0.25, 0.3) is 0 Å². The Balaban J connectivity index is 2.85. The van der Waals surface area contributed by atoms with Gasteiger partial charge in [0.1, 0.15) is 5.82 Å². The maximum absolute atomic E-state index is 5.55. The van der Waals surface area contributed by atoms with Gasteiger partial charge in [0.15, 0.2) is 0 Å². The number of aromatic nitrogens is 1. The monoisotopic (exact) mass is 272 g/mol. The van der Waals surface area contributed by atoms with Gasteiger partial charge in [-0.2, -0.15) is 0 Å². The lowest BCUT2D eigenvalue weighted by molar-refractivity contribution is 0.767. The van der Waals surface area contributed by atoms with E-state index >= 15 is 0 Å². The van der Waals surface area contributed by atoms with Crippen LogP contribution >= 0.6 is 15.9 Å². The number of rotatable bonds is 5. The second-order valence-electron chi connectivity index (χ2n) is 3.30. The molecule has 1 aromatic heterocycles. The van der Waals surface area contributed by atoms with E-state index in [0.29, 0.717) is 13.1 Å². The predicted molar refractivity (Wildman–Crippen MR) is 67.0 cm³/mol. The van der Waals surface area contributed by atoms with Crippen molar-refractivity contribution in [1.82, 2.24) is 4.98 Å². The smallest absolute Gasteiger partial charge is 0.128 e. The minimum absolute atomic E-state index is 0.608. The zero-order valence-electron chi connectivity index (χ0n) is 8.91. The zero-order chi connectivity index (χ0) is 11.3. The lowest BCUT2D eigenvalue weighted by Gasteiger charge is -2.22. The number of nitrogens with two attached hydrogens (primary N) is 2. The van der Waals surface area contributed by atoms with Crippen LogP contribution in [0.2, 0.25) is 0 Å². The third kappa shape index (κ3) is 3.44. The van der Waals surface area contributed by atoms with Crippen LogP contribution in [0, 0.1) is 6.92 Å². The molecule has 84 valence electrons. The van der Waals surface area contributed by atoms with E-state index in [9.17, 15) is 0 Å². The van der Waals surface area contributed by atoms with Crippen molar-refractivity contribution in [3.05, 3.63) is 22.3 Å². The fraction of sp³-hybridized carbons (Fsp3) is 0.500. The Morgan fingerprint density at radius 2 is 1.87 bits per heavy atom. The maximum atomic E-state index is 5.55. The van der Waals surface area contributed by atoms with Gasteiger partial charge in [0, 0.05) is 30.7 Å². The molecule has 0 aromatic carbocycles. The molecule has 0 amide bonds. The molecule has 0 atom stereocenters. The molecule has 1 aromatic rings. The summed E-state index contributed by atoms with van der Waals surface area (Å²) in [6.07, 6.45) is 0. The lowest BCUT2D eigenvalue weighted by atomic mass is 10.3. The largest absolute Gasteiger partial charge is 0.354 e. The number of nitrogens with zero attached hydrogens (tertiary/aromatic N) is 2. The van der Waals surface area contributed by atoms with E-state index in [2.05, 4.69) is 25.8 Å². The standard InChI is InChI=1S/C10H17BrN4/c1-8-9(11)2-3-10(14-8)15(6-4-12)7-5-13/h2-3H,4-7,12-13H2,1H3. The average Bonchev–Trinajstić information content (AvgIpc) is 2.22. The van der Waals surface area contributed by atoms with Crippen molar-refractivity contribution in [3.63, 3.8) is 0 Å². The Morgan fingerprint density at radius 3 is 2.33 bits per heavy atom. The molecule has 1 rings (SSSR count). The molecular weight excluding hydrogens is 256 g/mol. The summed E-state index contributed by atoms with van der Waals surface area (Å²) < 4.78 is 1.02. The van der Waals surface area contributed by atoms with Gasteiger partial charge in [-0.3, -0.25) is 0 Å². The van der Waals surface area contributed by atoms with Gasteiger partial charge in [-0.1, -0.05) is 0 Å². The van der Waals surface area contributed by atoms with E-state index in [1.54, 1.807) is 0 Å². The molecule has 0 spiro atoms. The highest BCUT2D eigenvalue weighted by Gasteiger charge is 2.07. The molecule has 15 heavy (non-hydrogen) atoms. The minimum atomic E-state index is 0.608. The van der Waals surface area contributed by atoms with Crippen LogP contribution in [0.1, 0.15) is 5.69 Å². The lowest BCUT2D eigenvalue weighted by Crippen LogP contribution is -2.34. The van der Waals surface area contributed by atoms with Crippen LogP contribution in [0.25, 0.3) is 0 Å². The van der Waals surface area contributed by atoms with Gasteiger partial charge < -0.3 is 16.4 Å². The first kappa shape index (κ1) is 12.4. The number of pyridine rings is 1. The van der Waals surface area contributed by atoms with Gasteiger partial charge >= 0.3 is 0 Å². The van der Waals surface area contributed by atoms with Crippen molar-refractivity contribution in [2.75, 3.05) is 31.1 Å². The van der Waals surface area contributed by atoms with Crippen LogP contribution in [0.3, 0.4) is 0 Å². The summed E-state index contributed by atoms with van der Waals surface area (Å²) in [6, 6.07) is 3.97. The first-order valence-corrected chi connectivity index (χ1v) is 5.76. The van der Waals surface area contributed by atoms with E-state index in [1.807, 2.05) is 19.1 Å². The third-order valence-corrected chi connectivity index (χ3v) is 2.97. The summed E-state index contributed by atoms with van der Waals surface area (Å²) in [5.41, 5.74) is 12.1. The second kappa shape index (κ2) is 6.05. The van der Waals surface area contributed by atoms with Crippen LogP contribution < -0.4 is 16.4 Å². The number of anilines is 1. The Hall–Kier alpha value is -0.650. The van der Waals surface area contributed by atoms with E-state index in [4.69, 9.17) is 11.5 Å². The fourth-order valence-corrected chi connectivity index (χ4v) is 1.58. The summed E-state index contributed by atoms with van der Waals surface area (Å²) in [6.45, 7) is 4.75. The van der Waals surface area contributed by atoms with E-state index < -0.39 is 0 Å². The zero-order valence-corrected chi connectivity index (χ0v) is 10.5. The van der Waals surface area contributed by atoms with Gasteiger partial charge in [-0.05, 0) is 35.0 Å². The Morgan fingerprint density at radius 1 is 1.27 bits per heavy atom. The quantitative estimate of drug-likeness (QED) is 0.835. The van der Waals surface area contributed by atoms with Crippen molar-refractivity contribution in [2.24, 2.45) is 11.5 Å². The molecule has 5 heteroatoms. The number of halogens is 1. The Labute approximate surface area is 98.8 Å². The van der Waals surface area contributed by atoms with Gasteiger partial charge in [0.05, 0.1) is 5.69 Å². The van der Waals surface area contributed by atoms with E-state index in [1.165, 1.54) is 0 Å². The highest BCUT2D eigenvalue weighted by Crippen LogP contribution is 2.18. The summed E-state index contributed by atoms with van der Waals surface area (Å²) in [5.74, 6) is 0.937. The van der Waals surface area contributed by atoms with Crippen LogP contribution in [0.4, 0.5) is 5.82 Å². The van der Waals surface area contributed by atoms with Gasteiger partial charge in [-0.15, -0.1) is 0 Å². The third-order valence-electron chi connectivity index (χ3n) is 2.13. The molecule has 0 fully saturated rings. The predicted octanol–water partition coefficient (Wildman–Crippen LogP) is 0.876. The van der Waals surface area contributed by atoms with Crippen LogP contribution in [-0.2, 0) is 0 Å². The number of hydrogen-bond donors (Lipinski definition) is 2. The Kier molecular flexibility index (Phi) is 5.01. The van der Waals surface area contributed by atoms with Crippen molar-refractivity contribution in [3.8, 4) is 0 Å². The molecule has 0 bridgehead atoms. The summed E-state index contributed by atoms with van der Waals surface area (Å²) in [7, 11) is 0. The first-order valence-electron chi connectivity index (χ1n) is 4.97. The highest BCUT2D eigenvalue weighted by molar-refractivity contribution is 9.10. The van der Waals surface area contributed by atoms with Crippen LogP contribution in [0.5, 0.6) is 0 Å².